The Balaban J connectivity index is 1.95. The monoisotopic (exact) mass is 505 g/mol. The Morgan fingerprint density at radius 2 is 1.89 bits per heavy atom. The highest BCUT2D eigenvalue weighted by molar-refractivity contribution is 7.09. The molecule has 7 atom stereocenters. The summed E-state index contributed by atoms with van der Waals surface area (Å²) in [5.74, 6) is -1.06. The number of cyclic esters (lactones) is 1. The number of thiazole rings is 1. The van der Waals surface area contributed by atoms with Gasteiger partial charge in [-0.25, -0.2) is 4.98 Å². The zero-order chi connectivity index (χ0) is 26.1. The topological polar surface area (TPSA) is 106 Å². The van der Waals surface area contributed by atoms with Gasteiger partial charge < -0.3 is 19.7 Å². The molecule has 2 aliphatic rings. The second-order valence-electron chi connectivity index (χ2n) is 10.8. The summed E-state index contributed by atoms with van der Waals surface area (Å²) in [6.45, 7) is 12.8. The Hall–Kier alpha value is -1.87. The number of nitrogens with zero attached hydrogens (tertiary/aromatic N) is 1. The quantitative estimate of drug-likeness (QED) is 0.457. The maximum atomic E-state index is 13.4. The molecular formula is C27H39NO6S. The molecule has 1 aromatic heterocycles. The Morgan fingerprint density at radius 3 is 2.51 bits per heavy atom. The maximum Gasteiger partial charge on any atom is 0.309 e. The normalized spacial score (nSPS) is 35.2. The number of fused-ring (bicyclic) bond motifs is 2. The van der Waals surface area contributed by atoms with Crippen LogP contribution < -0.4 is 0 Å². The molecule has 0 radical (unpaired) electrons. The summed E-state index contributed by atoms with van der Waals surface area (Å²) in [6, 6.07) is 0. The minimum Gasteiger partial charge on any atom is -0.458 e. The number of carbonyl (C=O) groups is 2. The van der Waals surface area contributed by atoms with Crippen LogP contribution in [-0.4, -0.2) is 57.5 Å². The largest absolute Gasteiger partial charge is 0.458 e. The van der Waals surface area contributed by atoms with Crippen LogP contribution in [0.1, 0.15) is 71.5 Å². The van der Waals surface area contributed by atoms with E-state index in [4.69, 9.17) is 9.47 Å². The van der Waals surface area contributed by atoms with E-state index in [-0.39, 0.29) is 36.8 Å². The third kappa shape index (κ3) is 6.47. The molecule has 1 aromatic rings. The number of aliphatic hydroxyl groups is 2. The molecule has 0 amide bonds. The van der Waals surface area contributed by atoms with Crippen molar-refractivity contribution in [2.45, 2.75) is 98.2 Å². The minimum absolute atomic E-state index is 0.141. The van der Waals surface area contributed by atoms with Crippen LogP contribution in [-0.2, 0) is 19.1 Å². The van der Waals surface area contributed by atoms with Gasteiger partial charge in [-0.2, -0.15) is 0 Å². The van der Waals surface area contributed by atoms with Gasteiger partial charge in [0.1, 0.15) is 11.9 Å². The van der Waals surface area contributed by atoms with Crippen LogP contribution in [0.15, 0.2) is 22.6 Å². The Morgan fingerprint density at radius 1 is 1.20 bits per heavy atom. The number of aryl methyl sites for hydroxylation is 1. The fourth-order valence-corrected chi connectivity index (χ4v) is 5.59. The highest BCUT2D eigenvalue weighted by atomic mass is 32.1. The minimum atomic E-state index is -1.21. The number of aliphatic hydroxyl groups excluding tert-OH is 2. The molecule has 2 bridgehead atoms. The first-order valence-electron chi connectivity index (χ1n) is 12.3. The third-order valence-electron chi connectivity index (χ3n) is 7.44. The number of esters is 1. The maximum absolute atomic E-state index is 13.4. The smallest absolute Gasteiger partial charge is 0.309 e. The molecule has 0 aliphatic carbocycles. The van der Waals surface area contributed by atoms with Crippen LogP contribution in [0.5, 0.6) is 0 Å². The summed E-state index contributed by atoms with van der Waals surface area (Å²) in [5, 5.41) is 24.7. The number of hydrogen-bond donors (Lipinski definition) is 2. The summed E-state index contributed by atoms with van der Waals surface area (Å²) < 4.78 is 12.0. The highest BCUT2D eigenvalue weighted by Crippen LogP contribution is 2.38. The van der Waals surface area contributed by atoms with Crippen LogP contribution in [0.3, 0.4) is 0 Å². The van der Waals surface area contributed by atoms with E-state index in [9.17, 15) is 19.8 Å². The van der Waals surface area contributed by atoms with Gasteiger partial charge in [-0.05, 0) is 50.3 Å². The number of carbonyl (C=O) groups excluding carboxylic acids is 2. The van der Waals surface area contributed by atoms with E-state index in [1.165, 1.54) is 11.3 Å². The molecule has 7 nitrogen and oxygen atoms in total. The summed E-state index contributed by atoms with van der Waals surface area (Å²) >= 11 is 1.53. The molecule has 3 heterocycles. The van der Waals surface area contributed by atoms with Crippen LogP contribution in [0.2, 0.25) is 0 Å². The molecule has 8 heteroatoms. The molecule has 2 aliphatic heterocycles. The number of Topliss-reactive ketones (excluding diaryl/α,β-unsaturated/α-hetero) is 1. The van der Waals surface area contributed by atoms with Crippen molar-refractivity contribution in [3.8, 4) is 0 Å². The van der Waals surface area contributed by atoms with E-state index in [0.717, 1.165) is 28.3 Å². The van der Waals surface area contributed by atoms with Crippen LogP contribution in [0.25, 0.3) is 6.08 Å². The SMILES string of the molecule is CC(=Cc1csc(C)n1)[C@@H]1C[C@H](O)C(C)=C[C@H]2C[C@H](C)[C@H](O2)[C@@H](C)C(=O)C(C)(C)[C@@H](O)CC(=O)O1. The van der Waals surface area contributed by atoms with Gasteiger partial charge in [-0.3, -0.25) is 9.59 Å². The van der Waals surface area contributed by atoms with Crippen molar-refractivity contribution < 1.29 is 29.3 Å². The van der Waals surface area contributed by atoms with E-state index in [2.05, 4.69) is 11.9 Å². The average Bonchev–Trinajstić information content (AvgIpc) is 3.35. The van der Waals surface area contributed by atoms with Gasteiger partial charge >= 0.3 is 5.97 Å². The lowest BCUT2D eigenvalue weighted by atomic mass is 9.73. The fraction of sp³-hybridized carbons (Fsp3) is 0.667. The summed E-state index contributed by atoms with van der Waals surface area (Å²) in [7, 11) is 0. The molecule has 194 valence electrons. The molecule has 2 N–H and O–H groups in total. The standard InChI is InChI=1S/C27H39NO6S/c1-14-9-20-10-16(3)25(33-20)17(4)26(32)27(6,7)23(30)12-24(31)34-22(11-21(14)29)15(2)8-19-13-35-18(5)28-19/h8-9,13,16-17,20-23,25,29-30H,10-12H2,1-7H3/t16-,17+,20-,21-,22-,23-,25-/m0/s1. The lowest BCUT2D eigenvalue weighted by molar-refractivity contribution is -0.155. The van der Waals surface area contributed by atoms with Gasteiger partial charge in [-0.1, -0.05) is 33.8 Å². The molecule has 0 unspecified atom stereocenters. The number of ketones is 1. The van der Waals surface area contributed by atoms with E-state index in [0.29, 0.717) is 0 Å². The predicted molar refractivity (Wildman–Crippen MR) is 136 cm³/mol. The lowest BCUT2D eigenvalue weighted by Crippen LogP contribution is -2.45. The van der Waals surface area contributed by atoms with Gasteiger partial charge in [0.2, 0.25) is 0 Å². The van der Waals surface area contributed by atoms with E-state index in [1.54, 1.807) is 13.8 Å². The second kappa shape index (κ2) is 11.0. The van der Waals surface area contributed by atoms with E-state index >= 15 is 0 Å². The highest BCUT2D eigenvalue weighted by Gasteiger charge is 2.45. The van der Waals surface area contributed by atoms with E-state index in [1.807, 2.05) is 45.2 Å². The molecule has 1 saturated heterocycles. The van der Waals surface area contributed by atoms with E-state index < -0.39 is 35.6 Å². The van der Waals surface area contributed by atoms with Gasteiger partial charge in [0, 0.05) is 17.7 Å². The van der Waals surface area contributed by atoms with Gasteiger partial charge in [0.25, 0.3) is 0 Å². The first-order valence-corrected chi connectivity index (χ1v) is 13.2. The van der Waals surface area contributed by atoms with Crippen molar-refractivity contribution in [1.29, 1.82) is 0 Å². The van der Waals surface area contributed by atoms with Crippen molar-refractivity contribution in [3.05, 3.63) is 33.3 Å². The van der Waals surface area contributed by atoms with Crippen molar-refractivity contribution in [3.63, 3.8) is 0 Å². The van der Waals surface area contributed by atoms with Crippen LogP contribution in [0.4, 0.5) is 0 Å². The first kappa shape index (κ1) is 27.7. The summed E-state index contributed by atoms with van der Waals surface area (Å²) in [6.07, 6.45) is 1.07. The van der Waals surface area contributed by atoms with Gasteiger partial charge in [-0.15, -0.1) is 11.3 Å². The average molecular weight is 506 g/mol. The first-order chi connectivity index (χ1) is 16.3. The molecule has 35 heavy (non-hydrogen) atoms. The van der Waals surface area contributed by atoms with Crippen LogP contribution in [0, 0.1) is 24.2 Å². The molecular weight excluding hydrogens is 466 g/mol. The van der Waals surface area contributed by atoms with Crippen molar-refractivity contribution in [2.75, 3.05) is 0 Å². The third-order valence-corrected chi connectivity index (χ3v) is 8.23. The predicted octanol–water partition coefficient (Wildman–Crippen LogP) is 4.25. The zero-order valence-corrected chi connectivity index (χ0v) is 22.6. The summed E-state index contributed by atoms with van der Waals surface area (Å²) in [4.78, 5) is 30.7. The molecule has 0 aromatic carbocycles. The zero-order valence-electron chi connectivity index (χ0n) is 21.8. The number of hydrogen-bond acceptors (Lipinski definition) is 8. The number of aromatic nitrogens is 1. The Labute approximate surface area is 212 Å². The van der Waals surface area contributed by atoms with Gasteiger partial charge in [0.05, 0.1) is 47.0 Å². The van der Waals surface area contributed by atoms with Crippen molar-refractivity contribution in [2.24, 2.45) is 17.3 Å². The number of rotatable bonds is 2. The Kier molecular flexibility index (Phi) is 8.73. The molecule has 1 fully saturated rings. The van der Waals surface area contributed by atoms with Crippen LogP contribution >= 0.6 is 11.3 Å². The van der Waals surface area contributed by atoms with Crippen molar-refractivity contribution >= 4 is 29.2 Å². The molecule has 0 saturated carbocycles. The lowest BCUT2D eigenvalue weighted by Gasteiger charge is -2.34. The van der Waals surface area contributed by atoms with Crippen molar-refractivity contribution in [1.82, 2.24) is 4.98 Å². The fourth-order valence-electron chi connectivity index (χ4n) is 5.02. The Bertz CT molecular complexity index is 996. The second-order valence-corrected chi connectivity index (χ2v) is 11.8. The molecule has 3 rings (SSSR count). The van der Waals surface area contributed by atoms with Gasteiger partial charge in [0.15, 0.2) is 0 Å². The molecule has 0 spiro atoms. The number of ether oxygens (including phenoxy) is 2. The summed E-state index contributed by atoms with van der Waals surface area (Å²) in [5.41, 5.74) is 1.09.